The van der Waals surface area contributed by atoms with Gasteiger partial charge < -0.3 is 9.90 Å². The van der Waals surface area contributed by atoms with E-state index in [-0.39, 0.29) is 0 Å². The van der Waals surface area contributed by atoms with E-state index in [4.69, 9.17) is 0 Å². The summed E-state index contributed by atoms with van der Waals surface area (Å²) in [5, 5.41) is 32.1. The lowest BCUT2D eigenvalue weighted by Crippen LogP contribution is -2.28. The number of carboxylic acids is 1. The highest BCUT2D eigenvalue weighted by Gasteiger charge is 2.29. The zero-order valence-electron chi connectivity index (χ0n) is 8.65. The zero-order chi connectivity index (χ0) is 13.2. The first-order chi connectivity index (χ1) is 7.86. The van der Waals surface area contributed by atoms with E-state index < -0.39 is 38.7 Å². The Bertz CT molecular complexity index is 466. The quantitative estimate of drug-likeness (QED) is 0.551. The Morgan fingerprint density at radius 2 is 1.59 bits per heavy atom. The highest BCUT2D eigenvalue weighted by molar-refractivity contribution is 5.78. The van der Waals surface area contributed by atoms with Gasteiger partial charge in [-0.2, -0.15) is 0 Å². The van der Waals surface area contributed by atoms with Crippen molar-refractivity contribution in [3.63, 3.8) is 0 Å². The number of nitro benzene ring substituents is 2. The number of rotatable bonds is 4. The van der Waals surface area contributed by atoms with Gasteiger partial charge in [0.2, 0.25) is 0 Å². The molecule has 0 bridgehead atoms. The molecule has 0 saturated carbocycles. The monoisotopic (exact) mass is 239 g/mol. The van der Waals surface area contributed by atoms with Gasteiger partial charge in [0.25, 0.3) is 11.4 Å². The van der Waals surface area contributed by atoms with E-state index in [1.54, 1.807) is 0 Å². The number of nitro groups is 2. The molecule has 0 aliphatic carbocycles. The average molecular weight is 239 g/mol. The van der Waals surface area contributed by atoms with Crippen LogP contribution in [0.5, 0.6) is 0 Å². The van der Waals surface area contributed by atoms with E-state index >= 15 is 0 Å². The molecule has 0 spiro atoms. The molecular weight excluding hydrogens is 232 g/mol. The fourth-order valence-corrected chi connectivity index (χ4v) is 1.42. The molecule has 8 heteroatoms. The number of carboxylic acid groups (broad SMARTS) is 1. The first-order valence-corrected chi connectivity index (χ1v) is 4.48. The zero-order valence-corrected chi connectivity index (χ0v) is 8.65. The molecule has 1 atom stereocenters. The molecule has 1 aromatic carbocycles. The Morgan fingerprint density at radius 1 is 1.18 bits per heavy atom. The minimum absolute atomic E-state index is 0.456. The molecule has 0 fully saturated rings. The molecule has 1 unspecified atom stereocenters. The number of carbonyl (C=O) groups is 1. The van der Waals surface area contributed by atoms with E-state index in [9.17, 15) is 30.1 Å². The van der Waals surface area contributed by atoms with Crippen molar-refractivity contribution < 1.29 is 19.7 Å². The lowest BCUT2D eigenvalue weighted by molar-refractivity contribution is -0.396. The summed E-state index contributed by atoms with van der Waals surface area (Å²) in [6, 6.07) is 3.16. The van der Waals surface area contributed by atoms with Crippen LogP contribution >= 0.6 is 0 Å². The summed E-state index contributed by atoms with van der Waals surface area (Å²) in [5.41, 5.74) is -1.66. The molecule has 8 nitrogen and oxygen atoms in total. The van der Waals surface area contributed by atoms with E-state index in [0.717, 1.165) is 25.1 Å². The predicted molar refractivity (Wildman–Crippen MR) is 53.2 cm³/mol. The van der Waals surface area contributed by atoms with Gasteiger partial charge in [-0.3, -0.25) is 20.2 Å². The van der Waals surface area contributed by atoms with Crippen LogP contribution in [0.25, 0.3) is 0 Å². The van der Waals surface area contributed by atoms with Gasteiger partial charge in [0.1, 0.15) is 5.56 Å². The summed E-state index contributed by atoms with van der Waals surface area (Å²) in [6.07, 6.45) is 0. The summed E-state index contributed by atoms with van der Waals surface area (Å²) in [6.45, 7) is 1.10. The molecule has 1 rings (SSSR count). The molecule has 90 valence electrons. The van der Waals surface area contributed by atoms with E-state index in [2.05, 4.69) is 0 Å². The molecule has 0 aliphatic rings. The van der Waals surface area contributed by atoms with Crippen molar-refractivity contribution in [3.8, 4) is 0 Å². The third-order valence-electron chi connectivity index (χ3n) is 2.24. The summed E-state index contributed by atoms with van der Waals surface area (Å²) in [4.78, 5) is 30.4. The van der Waals surface area contributed by atoms with Gasteiger partial charge in [-0.1, -0.05) is 6.92 Å². The minimum atomic E-state index is -1.61. The summed E-state index contributed by atoms with van der Waals surface area (Å²) < 4.78 is 0. The minimum Gasteiger partial charge on any atom is -0.549 e. The Morgan fingerprint density at radius 3 is 1.88 bits per heavy atom. The smallest absolute Gasteiger partial charge is 0.280 e. The second kappa shape index (κ2) is 4.56. The molecular formula is C9H7N2O6-. The molecule has 0 amide bonds. The van der Waals surface area contributed by atoms with Crippen molar-refractivity contribution in [2.24, 2.45) is 0 Å². The SMILES string of the molecule is CC(C(=O)[O-])c1c([N+](=O)[O-])cccc1[N+](=O)[O-]. The van der Waals surface area contributed by atoms with Gasteiger partial charge in [-0.25, -0.2) is 0 Å². The molecule has 0 heterocycles. The molecule has 0 saturated heterocycles. The molecule has 0 N–H and O–H groups in total. The van der Waals surface area contributed by atoms with Crippen molar-refractivity contribution in [2.45, 2.75) is 12.8 Å². The topological polar surface area (TPSA) is 126 Å². The number of benzene rings is 1. The molecule has 1 aromatic rings. The van der Waals surface area contributed by atoms with E-state index in [0.29, 0.717) is 0 Å². The van der Waals surface area contributed by atoms with Gasteiger partial charge in [0.05, 0.1) is 9.85 Å². The van der Waals surface area contributed by atoms with Crippen molar-refractivity contribution in [2.75, 3.05) is 0 Å². The van der Waals surface area contributed by atoms with Crippen LogP contribution in [0.1, 0.15) is 18.4 Å². The molecule has 0 aliphatic heterocycles. The lowest BCUT2D eigenvalue weighted by Gasteiger charge is -2.12. The number of aliphatic carboxylic acids is 1. The Hall–Kier alpha value is -2.51. The second-order valence-corrected chi connectivity index (χ2v) is 3.26. The fraction of sp³-hybridized carbons (Fsp3) is 0.222. The van der Waals surface area contributed by atoms with Crippen LogP contribution in [0.2, 0.25) is 0 Å². The fourth-order valence-electron chi connectivity index (χ4n) is 1.42. The highest BCUT2D eigenvalue weighted by atomic mass is 16.6. The maximum absolute atomic E-state index is 10.7. The Labute approximate surface area is 94.8 Å². The predicted octanol–water partition coefficient (Wildman–Crippen LogP) is 0.356. The lowest BCUT2D eigenvalue weighted by atomic mass is 9.97. The average Bonchev–Trinajstić information content (AvgIpc) is 2.26. The summed E-state index contributed by atoms with van der Waals surface area (Å²) in [5.74, 6) is -3.04. The Kier molecular flexibility index (Phi) is 3.37. The van der Waals surface area contributed by atoms with Crippen LogP contribution in [0.4, 0.5) is 11.4 Å². The van der Waals surface area contributed by atoms with Crippen LogP contribution in [0.3, 0.4) is 0 Å². The van der Waals surface area contributed by atoms with Gasteiger partial charge in [-0.15, -0.1) is 0 Å². The largest absolute Gasteiger partial charge is 0.549 e. The van der Waals surface area contributed by atoms with Crippen LogP contribution in [0, 0.1) is 20.2 Å². The number of carbonyl (C=O) groups excluding carboxylic acids is 1. The van der Waals surface area contributed by atoms with Crippen LogP contribution in [-0.4, -0.2) is 15.8 Å². The van der Waals surface area contributed by atoms with Crippen LogP contribution in [0.15, 0.2) is 18.2 Å². The van der Waals surface area contributed by atoms with Crippen molar-refractivity contribution in [3.05, 3.63) is 44.0 Å². The number of hydrogen-bond acceptors (Lipinski definition) is 6. The molecule has 0 aromatic heterocycles. The van der Waals surface area contributed by atoms with Gasteiger partial charge in [0, 0.05) is 24.0 Å². The number of nitrogens with zero attached hydrogens (tertiary/aromatic N) is 2. The van der Waals surface area contributed by atoms with Crippen molar-refractivity contribution in [1.29, 1.82) is 0 Å². The first kappa shape index (κ1) is 12.6. The van der Waals surface area contributed by atoms with Gasteiger partial charge >= 0.3 is 0 Å². The van der Waals surface area contributed by atoms with Crippen molar-refractivity contribution >= 4 is 17.3 Å². The maximum Gasteiger partial charge on any atom is 0.280 e. The summed E-state index contributed by atoms with van der Waals surface area (Å²) >= 11 is 0. The standard InChI is InChI=1S/C9H8N2O6/c1-5(9(12)13)8-6(10(14)15)3-2-4-7(8)11(16)17/h2-5H,1H3,(H,12,13)/p-1. The van der Waals surface area contributed by atoms with Gasteiger partial charge in [-0.05, 0) is 6.07 Å². The normalized spacial score (nSPS) is 11.8. The van der Waals surface area contributed by atoms with Gasteiger partial charge in [0.15, 0.2) is 0 Å². The van der Waals surface area contributed by atoms with Crippen LogP contribution in [-0.2, 0) is 4.79 Å². The maximum atomic E-state index is 10.7. The van der Waals surface area contributed by atoms with Crippen LogP contribution < -0.4 is 5.11 Å². The van der Waals surface area contributed by atoms with E-state index in [1.807, 2.05) is 0 Å². The third-order valence-corrected chi connectivity index (χ3v) is 2.24. The highest BCUT2D eigenvalue weighted by Crippen LogP contribution is 2.34. The Balaban J connectivity index is 3.54. The summed E-state index contributed by atoms with van der Waals surface area (Å²) in [7, 11) is 0. The first-order valence-electron chi connectivity index (χ1n) is 4.48. The molecule has 0 radical (unpaired) electrons. The number of hydrogen-bond donors (Lipinski definition) is 0. The molecule has 17 heavy (non-hydrogen) atoms. The van der Waals surface area contributed by atoms with Crippen molar-refractivity contribution in [1.82, 2.24) is 0 Å². The second-order valence-electron chi connectivity index (χ2n) is 3.26. The van der Waals surface area contributed by atoms with E-state index in [1.165, 1.54) is 0 Å². The third kappa shape index (κ3) is 2.36.